The van der Waals surface area contributed by atoms with Crippen LogP contribution in [0.3, 0.4) is 0 Å². The lowest BCUT2D eigenvalue weighted by Crippen LogP contribution is -1.98. The summed E-state index contributed by atoms with van der Waals surface area (Å²) in [6.07, 6.45) is 2.07. The van der Waals surface area contributed by atoms with E-state index in [0.29, 0.717) is 6.54 Å². The first-order valence-corrected chi connectivity index (χ1v) is 7.53. The Bertz CT molecular complexity index is 484. The van der Waals surface area contributed by atoms with Crippen LogP contribution in [-0.2, 0) is 12.3 Å². The molecular weight excluding hydrogens is 298 g/mol. The second-order valence-corrected chi connectivity index (χ2v) is 5.35. The Balaban J connectivity index is 1.95. The van der Waals surface area contributed by atoms with Gasteiger partial charge < -0.3 is 9.73 Å². The monoisotopic (exact) mass is 311 g/mol. The summed E-state index contributed by atoms with van der Waals surface area (Å²) in [6, 6.07) is 12.1. The molecule has 0 bridgehead atoms. The summed E-state index contributed by atoms with van der Waals surface area (Å²) in [6.45, 7) is 0.705. The topological polar surface area (TPSA) is 25.2 Å². The molecule has 0 saturated heterocycles. The first kappa shape index (κ1) is 12.6. The number of thioether (sulfide) groups is 1. The summed E-state index contributed by atoms with van der Waals surface area (Å²) in [5.74, 6) is 2.92. The zero-order chi connectivity index (χ0) is 12.1. The van der Waals surface area contributed by atoms with E-state index >= 15 is 0 Å². The van der Waals surface area contributed by atoms with Gasteiger partial charge in [0, 0.05) is 10.2 Å². The number of rotatable bonds is 5. The number of para-hydroxylation sites is 1. The van der Waals surface area contributed by atoms with E-state index in [1.807, 2.05) is 36.4 Å². The zero-order valence-corrected chi connectivity index (χ0v) is 12.0. The van der Waals surface area contributed by atoms with E-state index in [-0.39, 0.29) is 0 Å². The largest absolute Gasteiger partial charge is 0.463 e. The van der Waals surface area contributed by atoms with Crippen LogP contribution in [0.25, 0.3) is 0 Å². The highest BCUT2D eigenvalue weighted by Gasteiger charge is 2.02. The van der Waals surface area contributed by atoms with Gasteiger partial charge in [-0.05, 0) is 46.5 Å². The summed E-state index contributed by atoms with van der Waals surface area (Å²) in [4.78, 5) is 0. The molecule has 2 aromatic rings. The normalized spacial score (nSPS) is 10.5. The van der Waals surface area contributed by atoms with E-state index in [4.69, 9.17) is 4.42 Å². The van der Waals surface area contributed by atoms with Crippen molar-refractivity contribution in [3.05, 3.63) is 52.4 Å². The molecule has 0 unspecified atom stereocenters. The summed E-state index contributed by atoms with van der Waals surface area (Å²) in [5, 5.41) is 3.34. The fraction of sp³-hybridized carbons (Fsp3) is 0.231. The number of nitrogens with one attached hydrogen (secondary N) is 1. The van der Waals surface area contributed by atoms with Gasteiger partial charge in [0.2, 0.25) is 0 Å². The molecule has 90 valence electrons. The fourth-order valence-electron chi connectivity index (χ4n) is 1.52. The molecule has 0 amide bonds. The lowest BCUT2D eigenvalue weighted by Gasteiger charge is -2.06. The minimum absolute atomic E-state index is 0.705. The number of hydrogen-bond acceptors (Lipinski definition) is 3. The van der Waals surface area contributed by atoms with Crippen molar-refractivity contribution in [3.63, 3.8) is 0 Å². The Kier molecular flexibility index (Phi) is 4.57. The molecule has 1 aromatic carbocycles. The lowest BCUT2D eigenvalue weighted by molar-refractivity contribution is 0.487. The van der Waals surface area contributed by atoms with Crippen molar-refractivity contribution in [2.24, 2.45) is 0 Å². The van der Waals surface area contributed by atoms with E-state index in [0.717, 1.165) is 27.4 Å². The van der Waals surface area contributed by atoms with Gasteiger partial charge in [-0.25, -0.2) is 0 Å². The van der Waals surface area contributed by atoms with Crippen LogP contribution >= 0.6 is 27.7 Å². The zero-order valence-electron chi connectivity index (χ0n) is 9.57. The van der Waals surface area contributed by atoms with Crippen molar-refractivity contribution in [2.75, 3.05) is 11.6 Å². The Labute approximate surface area is 114 Å². The van der Waals surface area contributed by atoms with Gasteiger partial charge in [0.1, 0.15) is 11.5 Å². The second-order valence-electron chi connectivity index (χ2n) is 3.63. The second kappa shape index (κ2) is 6.17. The number of hydrogen-bond donors (Lipinski definition) is 1. The van der Waals surface area contributed by atoms with E-state index in [9.17, 15) is 0 Å². The molecule has 17 heavy (non-hydrogen) atoms. The molecule has 1 aromatic heterocycles. The minimum atomic E-state index is 0.705. The molecule has 0 aliphatic rings. The molecule has 2 rings (SSSR count). The predicted octanol–water partition coefficient (Wildman–Crippen LogP) is 4.52. The van der Waals surface area contributed by atoms with Crippen LogP contribution in [0.4, 0.5) is 5.69 Å². The fourth-order valence-corrected chi connectivity index (χ4v) is 2.39. The highest BCUT2D eigenvalue weighted by molar-refractivity contribution is 9.10. The van der Waals surface area contributed by atoms with Crippen molar-refractivity contribution in [3.8, 4) is 0 Å². The Morgan fingerprint density at radius 1 is 1.18 bits per heavy atom. The molecule has 0 aliphatic carbocycles. The van der Waals surface area contributed by atoms with E-state index in [1.165, 1.54) is 0 Å². The van der Waals surface area contributed by atoms with Crippen molar-refractivity contribution in [2.45, 2.75) is 12.3 Å². The van der Waals surface area contributed by atoms with Gasteiger partial charge in [-0.1, -0.05) is 12.1 Å². The van der Waals surface area contributed by atoms with Gasteiger partial charge >= 0.3 is 0 Å². The van der Waals surface area contributed by atoms with Gasteiger partial charge in [0.05, 0.1) is 12.3 Å². The summed E-state index contributed by atoms with van der Waals surface area (Å²) < 4.78 is 6.75. The lowest BCUT2D eigenvalue weighted by atomic mass is 10.3. The van der Waals surface area contributed by atoms with Gasteiger partial charge in [-0.2, -0.15) is 11.8 Å². The van der Waals surface area contributed by atoms with Crippen LogP contribution in [0.2, 0.25) is 0 Å². The van der Waals surface area contributed by atoms with Crippen LogP contribution in [0.5, 0.6) is 0 Å². The molecular formula is C13H14BrNOS. The maximum atomic E-state index is 5.69. The van der Waals surface area contributed by atoms with Crippen LogP contribution < -0.4 is 5.32 Å². The highest BCUT2D eigenvalue weighted by atomic mass is 79.9. The van der Waals surface area contributed by atoms with Crippen LogP contribution in [0.15, 0.2) is 45.3 Å². The van der Waals surface area contributed by atoms with Gasteiger partial charge in [-0.15, -0.1) is 0 Å². The number of anilines is 1. The molecule has 2 nitrogen and oxygen atoms in total. The van der Waals surface area contributed by atoms with Gasteiger partial charge in [-0.3, -0.25) is 0 Å². The third kappa shape index (κ3) is 3.54. The molecule has 1 heterocycles. The number of halogens is 1. The van der Waals surface area contributed by atoms with E-state index in [2.05, 4.69) is 27.5 Å². The molecule has 0 radical (unpaired) electrons. The Morgan fingerprint density at radius 3 is 2.71 bits per heavy atom. The molecule has 1 N–H and O–H groups in total. The molecule has 0 saturated carbocycles. The summed E-state index contributed by atoms with van der Waals surface area (Å²) in [5.41, 5.74) is 1.08. The SMILES string of the molecule is CSCc1ccc(CNc2ccccc2Br)o1. The van der Waals surface area contributed by atoms with Gasteiger partial charge in [0.25, 0.3) is 0 Å². The third-order valence-electron chi connectivity index (χ3n) is 2.33. The molecule has 0 aliphatic heterocycles. The Hall–Kier alpha value is -0.870. The maximum Gasteiger partial charge on any atom is 0.123 e. The van der Waals surface area contributed by atoms with E-state index < -0.39 is 0 Å². The van der Waals surface area contributed by atoms with Gasteiger partial charge in [0.15, 0.2) is 0 Å². The average Bonchev–Trinajstić information content (AvgIpc) is 2.76. The predicted molar refractivity (Wildman–Crippen MR) is 77.4 cm³/mol. The molecule has 0 fully saturated rings. The number of benzene rings is 1. The minimum Gasteiger partial charge on any atom is -0.463 e. The van der Waals surface area contributed by atoms with Crippen molar-refractivity contribution >= 4 is 33.4 Å². The first-order chi connectivity index (χ1) is 8.29. The quantitative estimate of drug-likeness (QED) is 0.879. The molecule has 0 atom stereocenters. The van der Waals surface area contributed by atoms with Crippen molar-refractivity contribution in [1.82, 2.24) is 0 Å². The maximum absolute atomic E-state index is 5.69. The molecule has 4 heteroatoms. The first-order valence-electron chi connectivity index (χ1n) is 5.34. The summed E-state index contributed by atoms with van der Waals surface area (Å²) in [7, 11) is 0. The van der Waals surface area contributed by atoms with Crippen molar-refractivity contribution in [1.29, 1.82) is 0 Å². The third-order valence-corrected chi connectivity index (χ3v) is 3.60. The van der Waals surface area contributed by atoms with Crippen LogP contribution in [0, 0.1) is 0 Å². The highest BCUT2D eigenvalue weighted by Crippen LogP contribution is 2.22. The molecule has 0 spiro atoms. The van der Waals surface area contributed by atoms with Crippen LogP contribution in [-0.4, -0.2) is 6.26 Å². The van der Waals surface area contributed by atoms with Crippen molar-refractivity contribution < 1.29 is 4.42 Å². The average molecular weight is 312 g/mol. The summed E-state index contributed by atoms with van der Waals surface area (Å²) >= 11 is 5.27. The van der Waals surface area contributed by atoms with E-state index in [1.54, 1.807) is 11.8 Å². The van der Waals surface area contributed by atoms with Crippen LogP contribution in [0.1, 0.15) is 11.5 Å². The standard InChI is InChI=1S/C13H14BrNOS/c1-17-9-11-7-6-10(16-11)8-15-13-5-3-2-4-12(13)14/h2-7,15H,8-9H2,1H3. The number of furan rings is 1. The Morgan fingerprint density at radius 2 is 1.94 bits per heavy atom. The smallest absolute Gasteiger partial charge is 0.123 e.